The van der Waals surface area contributed by atoms with Crippen LogP contribution < -0.4 is 9.47 Å². The zero-order chi connectivity index (χ0) is 20.8. The molecule has 1 heterocycles. The Labute approximate surface area is 169 Å². The lowest BCUT2D eigenvalue weighted by Crippen LogP contribution is -2.35. The highest BCUT2D eigenvalue weighted by molar-refractivity contribution is 6.11. The minimum Gasteiger partial charge on any atom is -0.507 e. The van der Waals surface area contributed by atoms with Gasteiger partial charge in [0, 0.05) is 25.7 Å². The highest BCUT2D eigenvalue weighted by atomic mass is 19.1. The summed E-state index contributed by atoms with van der Waals surface area (Å²) in [5, 5.41) is 10.9. The monoisotopic (exact) mass is 401 g/mol. The molecule has 3 rings (SSSR count). The van der Waals surface area contributed by atoms with Crippen LogP contribution in [0.3, 0.4) is 0 Å². The van der Waals surface area contributed by atoms with Crippen molar-refractivity contribution in [2.45, 2.75) is 6.54 Å². The molecule has 2 aromatic rings. The van der Waals surface area contributed by atoms with Gasteiger partial charge in [-0.1, -0.05) is 18.2 Å². The SMILES string of the molecule is COc1cc(OC)c(C(=O)/C=C/c2cccc(F)c2)c(O)c1CN1CCOCC1. The Hall–Kier alpha value is -2.90. The van der Waals surface area contributed by atoms with Gasteiger partial charge in [0.2, 0.25) is 0 Å². The van der Waals surface area contributed by atoms with Crippen LogP contribution in [0.5, 0.6) is 17.2 Å². The molecule has 1 fully saturated rings. The summed E-state index contributed by atoms with van der Waals surface area (Å²) >= 11 is 0. The van der Waals surface area contributed by atoms with Gasteiger partial charge in [-0.15, -0.1) is 0 Å². The number of rotatable bonds is 7. The minimum atomic E-state index is -0.450. The van der Waals surface area contributed by atoms with Crippen molar-refractivity contribution in [3.8, 4) is 17.2 Å². The van der Waals surface area contributed by atoms with Crippen molar-refractivity contribution in [1.82, 2.24) is 4.90 Å². The number of morpholine rings is 1. The van der Waals surface area contributed by atoms with Gasteiger partial charge in [-0.05, 0) is 23.8 Å². The van der Waals surface area contributed by atoms with Crippen molar-refractivity contribution in [3.63, 3.8) is 0 Å². The van der Waals surface area contributed by atoms with Gasteiger partial charge in [0.1, 0.15) is 28.6 Å². The van der Waals surface area contributed by atoms with Crippen LogP contribution in [0.25, 0.3) is 6.08 Å². The highest BCUT2D eigenvalue weighted by Gasteiger charge is 2.25. The molecule has 0 saturated carbocycles. The largest absolute Gasteiger partial charge is 0.507 e. The van der Waals surface area contributed by atoms with E-state index in [1.54, 1.807) is 18.2 Å². The van der Waals surface area contributed by atoms with Crippen molar-refractivity contribution in [2.24, 2.45) is 0 Å². The van der Waals surface area contributed by atoms with E-state index in [4.69, 9.17) is 14.2 Å². The number of methoxy groups -OCH3 is 2. The van der Waals surface area contributed by atoms with E-state index in [0.717, 1.165) is 13.1 Å². The fourth-order valence-electron chi connectivity index (χ4n) is 3.25. The molecular formula is C22H24FNO5. The van der Waals surface area contributed by atoms with Gasteiger partial charge in [0.15, 0.2) is 5.78 Å². The summed E-state index contributed by atoms with van der Waals surface area (Å²) < 4.78 is 29.4. The Morgan fingerprint density at radius 3 is 2.59 bits per heavy atom. The fraction of sp³-hybridized carbons (Fsp3) is 0.318. The van der Waals surface area contributed by atoms with Crippen LogP contribution in [0.2, 0.25) is 0 Å². The maximum absolute atomic E-state index is 13.4. The van der Waals surface area contributed by atoms with Crippen LogP contribution in [-0.4, -0.2) is 56.3 Å². The first-order valence-corrected chi connectivity index (χ1v) is 9.28. The zero-order valence-corrected chi connectivity index (χ0v) is 16.5. The molecule has 0 amide bonds. The molecule has 2 aromatic carbocycles. The number of aromatic hydroxyl groups is 1. The molecule has 0 unspecified atom stereocenters. The number of phenolic OH excluding ortho intramolecular Hbond substituents is 1. The lowest BCUT2D eigenvalue weighted by molar-refractivity contribution is 0.0335. The minimum absolute atomic E-state index is 0.0456. The molecule has 0 radical (unpaired) electrons. The van der Waals surface area contributed by atoms with E-state index >= 15 is 0 Å². The van der Waals surface area contributed by atoms with Crippen molar-refractivity contribution in [1.29, 1.82) is 0 Å². The number of carbonyl (C=O) groups is 1. The van der Waals surface area contributed by atoms with Crippen molar-refractivity contribution >= 4 is 11.9 Å². The van der Waals surface area contributed by atoms with Gasteiger partial charge >= 0.3 is 0 Å². The smallest absolute Gasteiger partial charge is 0.193 e. The van der Waals surface area contributed by atoms with E-state index in [0.29, 0.717) is 36.6 Å². The summed E-state index contributed by atoms with van der Waals surface area (Å²) in [4.78, 5) is 15.0. The summed E-state index contributed by atoms with van der Waals surface area (Å²) in [5.74, 6) is -0.371. The van der Waals surface area contributed by atoms with Gasteiger partial charge < -0.3 is 19.3 Å². The number of ketones is 1. The first-order valence-electron chi connectivity index (χ1n) is 9.28. The second-order valence-corrected chi connectivity index (χ2v) is 6.62. The first kappa shape index (κ1) is 20.8. The molecule has 0 bridgehead atoms. The van der Waals surface area contributed by atoms with Gasteiger partial charge in [-0.2, -0.15) is 0 Å². The van der Waals surface area contributed by atoms with Crippen LogP contribution in [0.1, 0.15) is 21.5 Å². The Morgan fingerprint density at radius 2 is 1.93 bits per heavy atom. The number of halogens is 1. The fourth-order valence-corrected chi connectivity index (χ4v) is 3.25. The molecule has 154 valence electrons. The van der Waals surface area contributed by atoms with Crippen LogP contribution in [0.4, 0.5) is 4.39 Å². The molecule has 1 aliphatic rings. The quantitative estimate of drug-likeness (QED) is 0.567. The zero-order valence-electron chi connectivity index (χ0n) is 16.5. The summed E-state index contributed by atoms with van der Waals surface area (Å²) in [6.07, 6.45) is 2.79. The third kappa shape index (κ3) is 4.93. The first-order chi connectivity index (χ1) is 14.0. The number of carbonyl (C=O) groups excluding carboxylic acids is 1. The van der Waals surface area contributed by atoms with Crippen molar-refractivity contribution in [3.05, 3.63) is 58.9 Å². The van der Waals surface area contributed by atoms with Crippen LogP contribution in [0, 0.1) is 5.82 Å². The maximum atomic E-state index is 13.4. The number of allylic oxidation sites excluding steroid dienone is 1. The summed E-state index contributed by atoms with van der Waals surface area (Å²) in [7, 11) is 2.92. The molecule has 0 spiro atoms. The lowest BCUT2D eigenvalue weighted by atomic mass is 10.0. The number of benzene rings is 2. The predicted molar refractivity (Wildman–Crippen MR) is 107 cm³/mol. The molecule has 1 saturated heterocycles. The third-order valence-electron chi connectivity index (χ3n) is 4.78. The lowest BCUT2D eigenvalue weighted by Gasteiger charge is -2.28. The van der Waals surface area contributed by atoms with Gasteiger partial charge in [-0.3, -0.25) is 9.69 Å². The Balaban J connectivity index is 1.95. The van der Waals surface area contributed by atoms with Gasteiger partial charge in [-0.25, -0.2) is 4.39 Å². The number of ether oxygens (including phenoxy) is 3. The van der Waals surface area contributed by atoms with E-state index in [1.807, 2.05) is 0 Å². The van der Waals surface area contributed by atoms with E-state index < -0.39 is 11.6 Å². The highest BCUT2D eigenvalue weighted by Crippen LogP contribution is 2.39. The summed E-state index contributed by atoms with van der Waals surface area (Å²) in [5.41, 5.74) is 1.10. The van der Waals surface area contributed by atoms with Gasteiger partial charge in [0.25, 0.3) is 0 Å². The number of hydrogen-bond donors (Lipinski definition) is 1. The average molecular weight is 401 g/mol. The van der Waals surface area contributed by atoms with E-state index in [2.05, 4.69) is 4.90 Å². The van der Waals surface area contributed by atoms with Crippen molar-refractivity contribution < 1.29 is 28.5 Å². The van der Waals surface area contributed by atoms with Gasteiger partial charge in [0.05, 0.1) is 33.0 Å². The van der Waals surface area contributed by atoms with Crippen LogP contribution in [-0.2, 0) is 11.3 Å². The summed E-state index contributed by atoms with van der Waals surface area (Å²) in [6, 6.07) is 7.49. The second kappa shape index (κ2) is 9.54. The van der Waals surface area contributed by atoms with E-state index in [1.165, 1.54) is 38.5 Å². The molecular weight excluding hydrogens is 377 g/mol. The van der Waals surface area contributed by atoms with Crippen molar-refractivity contribution in [2.75, 3.05) is 40.5 Å². The Morgan fingerprint density at radius 1 is 1.21 bits per heavy atom. The average Bonchev–Trinajstić information content (AvgIpc) is 2.74. The Bertz CT molecular complexity index is 906. The van der Waals surface area contributed by atoms with Crippen LogP contribution in [0.15, 0.2) is 36.4 Å². The maximum Gasteiger partial charge on any atom is 0.193 e. The summed E-state index contributed by atoms with van der Waals surface area (Å²) in [6.45, 7) is 3.08. The normalized spacial score (nSPS) is 14.9. The molecule has 7 heteroatoms. The predicted octanol–water partition coefficient (Wildman–Crippen LogP) is 3.28. The topological polar surface area (TPSA) is 68.2 Å². The molecule has 0 aromatic heterocycles. The molecule has 29 heavy (non-hydrogen) atoms. The number of phenols is 1. The number of nitrogens with zero attached hydrogens (tertiary/aromatic N) is 1. The molecule has 1 N–H and O–H groups in total. The molecule has 6 nitrogen and oxygen atoms in total. The number of hydrogen-bond acceptors (Lipinski definition) is 6. The van der Waals surface area contributed by atoms with E-state index in [-0.39, 0.29) is 17.1 Å². The Kier molecular flexibility index (Phi) is 6.85. The molecule has 0 atom stereocenters. The molecule has 1 aliphatic heterocycles. The van der Waals surface area contributed by atoms with E-state index in [9.17, 15) is 14.3 Å². The second-order valence-electron chi connectivity index (χ2n) is 6.62. The van der Waals surface area contributed by atoms with Crippen LogP contribution >= 0.6 is 0 Å². The third-order valence-corrected chi connectivity index (χ3v) is 4.78. The standard InChI is InChI=1S/C22H24FNO5/c1-27-19-13-20(28-2)21(18(25)7-6-15-4-3-5-16(23)12-15)22(26)17(19)14-24-8-10-29-11-9-24/h3-7,12-13,26H,8-11,14H2,1-2H3/b7-6+. The molecule has 0 aliphatic carbocycles.